The maximum absolute atomic E-state index is 13.1. The number of nitrogens with one attached hydrogen (secondary N) is 2. The fourth-order valence-electron chi connectivity index (χ4n) is 3.52. The minimum absolute atomic E-state index is 0.141. The second-order valence-electron chi connectivity index (χ2n) is 7.07. The second kappa shape index (κ2) is 8.18. The number of carbonyl (C=O) groups is 1. The van der Waals surface area contributed by atoms with Gasteiger partial charge >= 0.3 is 0 Å². The smallest absolute Gasteiger partial charge is 0.254 e. The third-order valence-electron chi connectivity index (χ3n) is 4.80. The van der Waals surface area contributed by atoms with Gasteiger partial charge in [-0.3, -0.25) is 9.48 Å². The average molecular weight is 420 g/mol. The molecule has 11 heteroatoms. The molecule has 0 saturated heterocycles. The third-order valence-corrected chi connectivity index (χ3v) is 5.57. The van der Waals surface area contributed by atoms with Crippen molar-refractivity contribution >= 4 is 27.4 Å². The van der Waals surface area contributed by atoms with E-state index in [-0.39, 0.29) is 23.5 Å². The number of nitriles is 1. The van der Waals surface area contributed by atoms with E-state index in [1.807, 2.05) is 0 Å². The van der Waals surface area contributed by atoms with Gasteiger partial charge in [0, 0.05) is 17.9 Å². The van der Waals surface area contributed by atoms with Gasteiger partial charge in [-0.25, -0.2) is 17.5 Å². The summed E-state index contributed by atoms with van der Waals surface area (Å²) in [5.74, 6) is -1.38. The van der Waals surface area contributed by atoms with Crippen LogP contribution in [0, 0.1) is 23.1 Å². The predicted octanol–water partition coefficient (Wildman–Crippen LogP) is 1.65. The summed E-state index contributed by atoms with van der Waals surface area (Å²) in [6, 6.07) is 7.09. The van der Waals surface area contributed by atoms with Crippen molar-refractivity contribution in [2.24, 2.45) is 11.7 Å². The molecular weight excluding hydrogens is 399 g/mol. The molecular formula is C18H21FN6O3S. The second-order valence-corrected chi connectivity index (χ2v) is 8.85. The first kappa shape index (κ1) is 20.8. The lowest BCUT2D eigenvalue weighted by Crippen LogP contribution is -2.40. The van der Waals surface area contributed by atoms with Crippen LogP contribution in [-0.4, -0.2) is 36.4 Å². The quantitative estimate of drug-likeness (QED) is 0.648. The highest BCUT2D eigenvalue weighted by Gasteiger charge is 2.34. The SMILES string of the molecule is CS(=O)(=O)N[C@@H]1CCC(n2cc(C(N)=O)c(Nc3ccc(F)cc3)n2)[C@@H](C#N)C1. The maximum Gasteiger partial charge on any atom is 0.254 e. The first-order valence-electron chi connectivity index (χ1n) is 8.94. The molecule has 2 aromatic rings. The Kier molecular flexibility index (Phi) is 5.86. The molecule has 1 heterocycles. The van der Waals surface area contributed by atoms with Gasteiger partial charge in [-0.1, -0.05) is 0 Å². The largest absolute Gasteiger partial charge is 0.365 e. The number of sulfonamides is 1. The number of amides is 1. The van der Waals surface area contributed by atoms with E-state index in [1.165, 1.54) is 35.1 Å². The summed E-state index contributed by atoms with van der Waals surface area (Å²) >= 11 is 0. The van der Waals surface area contributed by atoms with Gasteiger partial charge in [0.25, 0.3) is 5.91 Å². The number of halogens is 1. The maximum atomic E-state index is 13.1. The van der Waals surface area contributed by atoms with Crippen molar-refractivity contribution in [1.29, 1.82) is 5.26 Å². The highest BCUT2D eigenvalue weighted by Crippen LogP contribution is 2.35. The molecule has 0 spiro atoms. The molecule has 1 aromatic carbocycles. The minimum atomic E-state index is -3.37. The fourth-order valence-corrected chi connectivity index (χ4v) is 4.34. The highest BCUT2D eigenvalue weighted by molar-refractivity contribution is 7.88. The van der Waals surface area contributed by atoms with Crippen LogP contribution in [0.3, 0.4) is 0 Å². The molecule has 1 aliphatic rings. The monoisotopic (exact) mass is 420 g/mol. The first-order valence-corrected chi connectivity index (χ1v) is 10.8. The summed E-state index contributed by atoms with van der Waals surface area (Å²) < 4.78 is 40.1. The molecule has 0 bridgehead atoms. The standard InChI is InChI=1S/C18H21FN6O3S/c1-29(27,28)24-14-6-7-16(11(8-14)9-20)25-10-15(17(21)26)18(23-25)22-13-4-2-12(19)3-5-13/h2-5,10-11,14,16,24H,6-8H2,1H3,(H2,21,26)(H,22,23)/t11-,14-,16?/m1/s1. The zero-order valence-corrected chi connectivity index (χ0v) is 16.5. The summed E-state index contributed by atoms with van der Waals surface area (Å²) in [5, 5.41) is 16.9. The Morgan fingerprint density at radius 2 is 2.03 bits per heavy atom. The van der Waals surface area contributed by atoms with E-state index >= 15 is 0 Å². The Morgan fingerprint density at radius 3 is 2.62 bits per heavy atom. The number of primary amides is 1. The molecule has 4 N–H and O–H groups in total. The van der Waals surface area contributed by atoms with Crippen molar-refractivity contribution in [3.05, 3.63) is 41.8 Å². The van der Waals surface area contributed by atoms with E-state index in [1.54, 1.807) is 0 Å². The lowest BCUT2D eigenvalue weighted by molar-refractivity contribution is 0.100. The molecule has 29 heavy (non-hydrogen) atoms. The summed E-state index contributed by atoms with van der Waals surface area (Å²) in [5.41, 5.74) is 6.13. The lowest BCUT2D eigenvalue weighted by Gasteiger charge is -2.32. The topological polar surface area (TPSA) is 143 Å². The number of hydrogen-bond acceptors (Lipinski definition) is 6. The van der Waals surface area contributed by atoms with Crippen molar-refractivity contribution in [2.75, 3.05) is 11.6 Å². The molecule has 0 radical (unpaired) electrons. The number of hydrogen-bond donors (Lipinski definition) is 3. The van der Waals surface area contributed by atoms with E-state index < -0.39 is 27.7 Å². The van der Waals surface area contributed by atoms with Gasteiger partial charge in [0.05, 0.1) is 24.3 Å². The summed E-state index contributed by atoms with van der Waals surface area (Å²) in [7, 11) is -3.37. The Labute approximate surface area is 167 Å². The zero-order chi connectivity index (χ0) is 21.2. The van der Waals surface area contributed by atoms with E-state index in [2.05, 4.69) is 21.2 Å². The minimum Gasteiger partial charge on any atom is -0.365 e. The molecule has 9 nitrogen and oxygen atoms in total. The van der Waals surface area contributed by atoms with Crippen LogP contribution >= 0.6 is 0 Å². The molecule has 154 valence electrons. The highest BCUT2D eigenvalue weighted by atomic mass is 32.2. The Hall–Kier alpha value is -2.97. The number of anilines is 2. The van der Waals surface area contributed by atoms with Gasteiger partial charge < -0.3 is 11.1 Å². The molecule has 1 fully saturated rings. The molecule has 1 unspecified atom stereocenters. The number of benzene rings is 1. The van der Waals surface area contributed by atoms with Gasteiger partial charge in [0.1, 0.15) is 11.4 Å². The van der Waals surface area contributed by atoms with Gasteiger partial charge in [-0.15, -0.1) is 0 Å². The van der Waals surface area contributed by atoms with Crippen LogP contribution in [0.2, 0.25) is 0 Å². The Morgan fingerprint density at radius 1 is 1.34 bits per heavy atom. The van der Waals surface area contributed by atoms with Crippen molar-refractivity contribution < 1.29 is 17.6 Å². The third kappa shape index (κ3) is 5.10. The van der Waals surface area contributed by atoms with E-state index in [0.717, 1.165) is 6.26 Å². The molecule has 3 atom stereocenters. The van der Waals surface area contributed by atoms with Gasteiger partial charge in [0.15, 0.2) is 5.82 Å². The van der Waals surface area contributed by atoms with Crippen molar-refractivity contribution in [3.63, 3.8) is 0 Å². The number of aromatic nitrogens is 2. The molecule has 1 saturated carbocycles. The molecule has 1 aromatic heterocycles. The van der Waals surface area contributed by atoms with Crippen LogP contribution in [0.4, 0.5) is 15.9 Å². The van der Waals surface area contributed by atoms with Crippen LogP contribution < -0.4 is 15.8 Å². The van der Waals surface area contributed by atoms with E-state index in [0.29, 0.717) is 24.9 Å². The van der Waals surface area contributed by atoms with Gasteiger partial charge in [0.2, 0.25) is 10.0 Å². The van der Waals surface area contributed by atoms with Crippen molar-refractivity contribution in [3.8, 4) is 6.07 Å². The van der Waals surface area contributed by atoms with Gasteiger partial charge in [-0.2, -0.15) is 10.4 Å². The summed E-state index contributed by atoms with van der Waals surface area (Å²) in [6.07, 6.45) is 3.93. The van der Waals surface area contributed by atoms with Crippen LogP contribution in [0.15, 0.2) is 30.5 Å². The average Bonchev–Trinajstić information content (AvgIpc) is 3.06. The van der Waals surface area contributed by atoms with Crippen LogP contribution in [-0.2, 0) is 10.0 Å². The first-order chi connectivity index (χ1) is 13.7. The number of nitrogens with two attached hydrogens (primary N) is 1. The number of rotatable bonds is 6. The number of nitrogens with zero attached hydrogens (tertiary/aromatic N) is 3. The molecule has 3 rings (SSSR count). The Balaban J connectivity index is 1.84. The molecule has 1 aliphatic carbocycles. The summed E-state index contributed by atoms with van der Waals surface area (Å²) in [4.78, 5) is 11.8. The van der Waals surface area contributed by atoms with Crippen LogP contribution in [0.5, 0.6) is 0 Å². The number of carbonyl (C=O) groups excluding carboxylic acids is 1. The van der Waals surface area contributed by atoms with E-state index in [9.17, 15) is 22.9 Å². The predicted molar refractivity (Wildman–Crippen MR) is 104 cm³/mol. The lowest BCUT2D eigenvalue weighted by atomic mass is 9.83. The normalized spacial score (nSPS) is 22.0. The molecule has 1 amide bonds. The van der Waals surface area contributed by atoms with Crippen LogP contribution in [0.1, 0.15) is 35.7 Å². The fraction of sp³-hybridized carbons (Fsp3) is 0.389. The van der Waals surface area contributed by atoms with Gasteiger partial charge in [-0.05, 0) is 43.5 Å². The van der Waals surface area contributed by atoms with Crippen LogP contribution in [0.25, 0.3) is 0 Å². The van der Waals surface area contributed by atoms with E-state index in [4.69, 9.17) is 5.73 Å². The Bertz CT molecular complexity index is 1040. The summed E-state index contributed by atoms with van der Waals surface area (Å²) in [6.45, 7) is 0. The molecule has 0 aliphatic heterocycles. The zero-order valence-electron chi connectivity index (χ0n) is 15.7. The van der Waals surface area contributed by atoms with Crippen molar-refractivity contribution in [1.82, 2.24) is 14.5 Å². The van der Waals surface area contributed by atoms with Crippen molar-refractivity contribution in [2.45, 2.75) is 31.3 Å².